The Morgan fingerprint density at radius 2 is 1.86 bits per heavy atom. The van der Waals surface area contributed by atoms with Crippen LogP contribution >= 0.6 is 11.5 Å². The van der Waals surface area contributed by atoms with Gasteiger partial charge in [0.25, 0.3) is 0 Å². The van der Waals surface area contributed by atoms with Gasteiger partial charge in [0.1, 0.15) is 11.6 Å². The molecule has 21 heavy (non-hydrogen) atoms. The van der Waals surface area contributed by atoms with Crippen LogP contribution < -0.4 is 5.32 Å². The predicted octanol–water partition coefficient (Wildman–Crippen LogP) is 3.81. The molecule has 1 aromatic carbocycles. The molecule has 2 aromatic rings. The zero-order valence-corrected chi connectivity index (χ0v) is 13.4. The maximum atomic E-state index is 14.1. The third kappa shape index (κ3) is 3.27. The monoisotopic (exact) mass is 311 g/mol. The van der Waals surface area contributed by atoms with E-state index in [0.29, 0.717) is 6.54 Å². The van der Waals surface area contributed by atoms with Crippen molar-refractivity contribution in [1.29, 1.82) is 0 Å². The summed E-state index contributed by atoms with van der Waals surface area (Å²) in [5.41, 5.74) is 0.551. The van der Waals surface area contributed by atoms with Crippen LogP contribution in [0.5, 0.6) is 0 Å². The van der Waals surface area contributed by atoms with Crippen LogP contribution in [0.1, 0.15) is 49.9 Å². The van der Waals surface area contributed by atoms with Crippen LogP contribution in [-0.4, -0.2) is 16.1 Å². The number of benzene rings is 1. The van der Waals surface area contributed by atoms with Crippen LogP contribution in [0.2, 0.25) is 0 Å². The van der Waals surface area contributed by atoms with Crippen molar-refractivity contribution in [3.63, 3.8) is 0 Å². The number of hydrogen-bond acceptors (Lipinski definition) is 4. The lowest BCUT2D eigenvalue weighted by molar-refractivity contribution is 0.499. The van der Waals surface area contributed by atoms with Crippen molar-refractivity contribution in [3.8, 4) is 0 Å². The number of nitrogens with one attached hydrogen (secondary N) is 1. The van der Waals surface area contributed by atoms with Crippen molar-refractivity contribution >= 4 is 11.5 Å². The maximum absolute atomic E-state index is 14.1. The molecule has 0 aliphatic heterocycles. The molecular weight excluding hydrogens is 292 g/mol. The summed E-state index contributed by atoms with van der Waals surface area (Å²) < 4.78 is 32.2. The molecule has 0 bridgehead atoms. The van der Waals surface area contributed by atoms with E-state index in [1.54, 1.807) is 0 Å². The summed E-state index contributed by atoms with van der Waals surface area (Å²) >= 11 is 1.18. The van der Waals surface area contributed by atoms with Gasteiger partial charge in [-0.1, -0.05) is 38.2 Å². The summed E-state index contributed by atoms with van der Waals surface area (Å²) in [6.07, 6.45) is 0. The quantitative estimate of drug-likeness (QED) is 0.933. The van der Waals surface area contributed by atoms with E-state index in [2.05, 4.69) is 14.9 Å². The smallest absolute Gasteiger partial charge is 0.131 e. The largest absolute Gasteiger partial charge is 0.306 e. The molecule has 0 aliphatic carbocycles. The standard InChI is InChI=1S/C15H19F2N3S/c1-5-18-12(11-9(16)7-6-8-10(11)17)13-14(15(2,3)4)19-20-21-13/h6-8,12,18H,5H2,1-4H3. The predicted molar refractivity (Wildman–Crippen MR) is 80.5 cm³/mol. The van der Waals surface area contributed by atoms with E-state index in [1.165, 1.54) is 29.7 Å². The minimum atomic E-state index is -0.578. The molecule has 1 N–H and O–H groups in total. The summed E-state index contributed by atoms with van der Waals surface area (Å²) in [6.45, 7) is 8.51. The first-order valence-corrected chi connectivity index (χ1v) is 7.63. The summed E-state index contributed by atoms with van der Waals surface area (Å²) in [5, 5.41) is 7.30. The Balaban J connectivity index is 2.58. The SMILES string of the molecule is CCNC(c1snnc1C(C)(C)C)c1c(F)cccc1F. The molecule has 1 aromatic heterocycles. The topological polar surface area (TPSA) is 37.8 Å². The van der Waals surface area contributed by atoms with Crippen molar-refractivity contribution < 1.29 is 8.78 Å². The fourth-order valence-electron chi connectivity index (χ4n) is 2.22. The zero-order valence-electron chi connectivity index (χ0n) is 12.6. The summed E-state index contributed by atoms with van der Waals surface area (Å²) in [7, 11) is 0. The molecule has 2 rings (SSSR count). The summed E-state index contributed by atoms with van der Waals surface area (Å²) in [5.74, 6) is -1.12. The second-order valence-electron chi connectivity index (χ2n) is 5.86. The Hall–Kier alpha value is -1.40. The lowest BCUT2D eigenvalue weighted by atomic mass is 9.88. The average Bonchev–Trinajstić information content (AvgIpc) is 2.86. The number of nitrogens with zero attached hydrogens (tertiary/aromatic N) is 2. The van der Waals surface area contributed by atoms with Gasteiger partial charge in [0.05, 0.1) is 16.6 Å². The molecule has 0 amide bonds. The second kappa shape index (κ2) is 6.15. The Morgan fingerprint density at radius 3 is 2.38 bits per heavy atom. The summed E-state index contributed by atoms with van der Waals surface area (Å²) in [6, 6.07) is 3.33. The highest BCUT2D eigenvalue weighted by molar-refractivity contribution is 7.05. The minimum absolute atomic E-state index is 0.0240. The average molecular weight is 311 g/mol. The van der Waals surface area contributed by atoms with Crippen LogP contribution in [0.3, 0.4) is 0 Å². The highest BCUT2D eigenvalue weighted by Gasteiger charge is 2.30. The second-order valence-corrected chi connectivity index (χ2v) is 6.65. The molecule has 1 heterocycles. The molecule has 0 aliphatic rings. The van der Waals surface area contributed by atoms with E-state index in [4.69, 9.17) is 0 Å². The molecular formula is C15H19F2N3S. The Labute approximate surface area is 127 Å². The van der Waals surface area contributed by atoms with Gasteiger partial charge in [-0.3, -0.25) is 0 Å². The number of halogens is 2. The molecule has 0 saturated heterocycles. The van der Waals surface area contributed by atoms with Crippen LogP contribution in [0.25, 0.3) is 0 Å². The van der Waals surface area contributed by atoms with Gasteiger partial charge in [-0.05, 0) is 30.2 Å². The van der Waals surface area contributed by atoms with E-state index < -0.39 is 17.7 Å². The third-order valence-electron chi connectivity index (χ3n) is 3.18. The van der Waals surface area contributed by atoms with E-state index in [0.717, 1.165) is 10.6 Å². The number of hydrogen-bond donors (Lipinski definition) is 1. The maximum Gasteiger partial charge on any atom is 0.131 e. The molecule has 1 unspecified atom stereocenters. The molecule has 0 fully saturated rings. The number of aromatic nitrogens is 2. The van der Waals surface area contributed by atoms with E-state index in [-0.39, 0.29) is 11.0 Å². The normalized spacial score (nSPS) is 13.4. The van der Waals surface area contributed by atoms with Gasteiger partial charge in [-0.2, -0.15) is 0 Å². The molecule has 0 saturated carbocycles. The van der Waals surface area contributed by atoms with Crippen molar-refractivity contribution in [2.24, 2.45) is 0 Å². The van der Waals surface area contributed by atoms with Crippen LogP contribution in [-0.2, 0) is 5.41 Å². The Kier molecular flexibility index (Phi) is 4.68. The van der Waals surface area contributed by atoms with Crippen LogP contribution in [0, 0.1) is 11.6 Å². The van der Waals surface area contributed by atoms with Crippen molar-refractivity contribution in [2.75, 3.05) is 6.54 Å². The van der Waals surface area contributed by atoms with Gasteiger partial charge in [-0.25, -0.2) is 8.78 Å². The molecule has 3 nitrogen and oxygen atoms in total. The Bertz CT molecular complexity index is 599. The lowest BCUT2D eigenvalue weighted by Gasteiger charge is -2.23. The lowest BCUT2D eigenvalue weighted by Crippen LogP contribution is -2.26. The molecule has 114 valence electrons. The van der Waals surface area contributed by atoms with Gasteiger partial charge in [0, 0.05) is 11.0 Å². The first-order chi connectivity index (χ1) is 9.86. The fraction of sp³-hybridized carbons (Fsp3) is 0.467. The fourth-order valence-corrected chi connectivity index (χ4v) is 3.17. The van der Waals surface area contributed by atoms with Gasteiger partial charge in [0.2, 0.25) is 0 Å². The first kappa shape index (κ1) is 16.0. The molecule has 6 heteroatoms. The minimum Gasteiger partial charge on any atom is -0.306 e. The highest BCUT2D eigenvalue weighted by Crippen LogP contribution is 2.35. The van der Waals surface area contributed by atoms with Gasteiger partial charge < -0.3 is 5.32 Å². The third-order valence-corrected chi connectivity index (χ3v) is 3.97. The Morgan fingerprint density at radius 1 is 1.24 bits per heavy atom. The van der Waals surface area contributed by atoms with Gasteiger partial charge in [-0.15, -0.1) is 5.10 Å². The molecule has 0 spiro atoms. The van der Waals surface area contributed by atoms with Gasteiger partial charge in [0.15, 0.2) is 0 Å². The van der Waals surface area contributed by atoms with Crippen LogP contribution in [0.15, 0.2) is 18.2 Å². The summed E-state index contributed by atoms with van der Waals surface area (Å²) in [4.78, 5) is 0.758. The van der Waals surface area contributed by atoms with E-state index in [1.807, 2.05) is 27.7 Å². The van der Waals surface area contributed by atoms with Crippen molar-refractivity contribution in [1.82, 2.24) is 14.9 Å². The van der Waals surface area contributed by atoms with E-state index >= 15 is 0 Å². The first-order valence-electron chi connectivity index (χ1n) is 6.86. The highest BCUT2D eigenvalue weighted by atomic mass is 32.1. The van der Waals surface area contributed by atoms with E-state index in [9.17, 15) is 8.78 Å². The van der Waals surface area contributed by atoms with Gasteiger partial charge >= 0.3 is 0 Å². The van der Waals surface area contributed by atoms with Crippen LogP contribution in [0.4, 0.5) is 8.78 Å². The number of rotatable bonds is 4. The molecule has 0 radical (unpaired) electrons. The van der Waals surface area contributed by atoms with Crippen molar-refractivity contribution in [2.45, 2.75) is 39.2 Å². The van der Waals surface area contributed by atoms with Crippen molar-refractivity contribution in [3.05, 3.63) is 46.0 Å². The zero-order chi connectivity index (χ0) is 15.6. The molecule has 1 atom stereocenters.